The molecule has 1 N–H and O–H groups in total. The molecule has 0 bridgehead atoms. The fourth-order valence-electron chi connectivity index (χ4n) is 4.13. The molecule has 4 rings (SSSR count). The van der Waals surface area contributed by atoms with E-state index in [1.54, 1.807) is 6.08 Å². The molecule has 3 aromatic rings. The summed E-state index contributed by atoms with van der Waals surface area (Å²) in [6.07, 6.45) is 4.28. The van der Waals surface area contributed by atoms with Crippen molar-refractivity contribution in [1.29, 1.82) is 0 Å². The summed E-state index contributed by atoms with van der Waals surface area (Å²) >= 11 is 0. The number of H-pyrrole nitrogens is 1. The quantitative estimate of drug-likeness (QED) is 0.534. The van der Waals surface area contributed by atoms with Crippen LogP contribution in [0.3, 0.4) is 0 Å². The number of aromatic nitrogens is 1. The number of esters is 1. The lowest BCUT2D eigenvalue weighted by molar-refractivity contribution is -0.134. The lowest BCUT2D eigenvalue weighted by Crippen LogP contribution is -2.46. The topological polar surface area (TPSA) is 45.3 Å². The van der Waals surface area contributed by atoms with Gasteiger partial charge in [-0.3, -0.25) is 4.90 Å². The van der Waals surface area contributed by atoms with Crippen LogP contribution in [0, 0.1) is 0 Å². The molecule has 1 aliphatic heterocycles. The smallest absolute Gasteiger partial charge is 0.330 e. The second-order valence-corrected chi connectivity index (χ2v) is 7.85. The van der Waals surface area contributed by atoms with Gasteiger partial charge in [-0.05, 0) is 49.1 Å². The molecule has 0 amide bonds. The summed E-state index contributed by atoms with van der Waals surface area (Å²) in [4.78, 5) is 17.4. The Kier molecular flexibility index (Phi) is 4.82. The first-order valence-electron chi connectivity index (χ1n) is 9.69. The molecule has 0 aliphatic carbocycles. The van der Waals surface area contributed by atoms with Crippen molar-refractivity contribution in [2.24, 2.45) is 0 Å². The molecule has 2 aromatic carbocycles. The van der Waals surface area contributed by atoms with E-state index in [-0.39, 0.29) is 11.5 Å². The van der Waals surface area contributed by atoms with Crippen LogP contribution in [-0.4, -0.2) is 29.5 Å². The molecule has 144 valence electrons. The minimum atomic E-state index is -0.340. The third-order valence-corrected chi connectivity index (χ3v) is 5.81. The zero-order chi connectivity index (χ0) is 19.7. The number of para-hydroxylation sites is 1. The van der Waals surface area contributed by atoms with Gasteiger partial charge in [0, 0.05) is 35.8 Å². The Bertz CT molecular complexity index is 1030. The predicted octanol–water partition coefficient (Wildman–Crippen LogP) is 4.65. The maximum Gasteiger partial charge on any atom is 0.330 e. The average molecular weight is 374 g/mol. The highest BCUT2D eigenvalue weighted by atomic mass is 16.5. The highest BCUT2D eigenvalue weighted by Gasteiger charge is 2.36. The van der Waals surface area contributed by atoms with Gasteiger partial charge >= 0.3 is 5.97 Å². The van der Waals surface area contributed by atoms with Crippen LogP contribution in [0.15, 0.2) is 54.6 Å². The summed E-state index contributed by atoms with van der Waals surface area (Å²) in [5.41, 5.74) is 6.21. The molecule has 0 spiro atoms. The molecule has 1 aliphatic rings. The standard InChI is InChI=1S/C24H26N2O2/c1-24(2)23-20(19-6-4-5-7-21(19)25-23)14-15-26(24)16-18-10-8-17(9-11-18)12-13-22(27)28-3/h4-13,25H,14-16H2,1-3H3/b13-12+. The first kappa shape index (κ1) is 18.5. The van der Waals surface area contributed by atoms with Crippen LogP contribution in [0.2, 0.25) is 0 Å². The first-order valence-corrected chi connectivity index (χ1v) is 9.69. The van der Waals surface area contributed by atoms with Crippen LogP contribution in [0.1, 0.15) is 36.2 Å². The van der Waals surface area contributed by atoms with Gasteiger partial charge in [-0.2, -0.15) is 0 Å². The summed E-state index contributed by atoms with van der Waals surface area (Å²) in [7, 11) is 1.38. The van der Waals surface area contributed by atoms with Gasteiger partial charge < -0.3 is 9.72 Å². The Morgan fingerprint density at radius 3 is 2.68 bits per heavy atom. The maximum absolute atomic E-state index is 11.2. The van der Waals surface area contributed by atoms with E-state index < -0.39 is 0 Å². The number of nitrogens with zero attached hydrogens (tertiary/aromatic N) is 1. The van der Waals surface area contributed by atoms with E-state index in [0.717, 1.165) is 25.1 Å². The van der Waals surface area contributed by atoms with Crippen molar-refractivity contribution in [3.05, 3.63) is 77.0 Å². The van der Waals surface area contributed by atoms with Crippen molar-refractivity contribution in [2.75, 3.05) is 13.7 Å². The molecule has 0 unspecified atom stereocenters. The molecule has 28 heavy (non-hydrogen) atoms. The van der Waals surface area contributed by atoms with Crippen molar-refractivity contribution < 1.29 is 9.53 Å². The van der Waals surface area contributed by atoms with Crippen molar-refractivity contribution in [3.8, 4) is 0 Å². The van der Waals surface area contributed by atoms with Crippen molar-refractivity contribution >= 4 is 22.9 Å². The van der Waals surface area contributed by atoms with E-state index in [9.17, 15) is 4.79 Å². The summed E-state index contributed by atoms with van der Waals surface area (Å²) in [5.74, 6) is -0.340. The van der Waals surface area contributed by atoms with Crippen molar-refractivity contribution in [1.82, 2.24) is 9.88 Å². The number of ether oxygens (including phenoxy) is 1. The van der Waals surface area contributed by atoms with Gasteiger partial charge in [0.25, 0.3) is 0 Å². The maximum atomic E-state index is 11.2. The number of rotatable bonds is 4. The van der Waals surface area contributed by atoms with E-state index in [1.165, 1.54) is 40.9 Å². The first-order chi connectivity index (χ1) is 13.5. The Hall–Kier alpha value is -2.85. The van der Waals surface area contributed by atoms with E-state index in [1.807, 2.05) is 12.1 Å². The fraction of sp³-hybridized carbons (Fsp3) is 0.292. The highest BCUT2D eigenvalue weighted by Crippen LogP contribution is 2.39. The molecular weight excluding hydrogens is 348 g/mol. The monoisotopic (exact) mass is 374 g/mol. The van der Waals surface area contributed by atoms with E-state index in [0.29, 0.717) is 0 Å². The molecular formula is C24H26N2O2. The number of methoxy groups -OCH3 is 1. The van der Waals surface area contributed by atoms with Crippen molar-refractivity contribution in [3.63, 3.8) is 0 Å². The fourth-order valence-corrected chi connectivity index (χ4v) is 4.13. The Balaban J connectivity index is 1.54. The molecule has 0 atom stereocenters. The normalized spacial score (nSPS) is 16.4. The number of carbonyl (C=O) groups excluding carboxylic acids is 1. The molecule has 0 saturated heterocycles. The number of hydrogen-bond acceptors (Lipinski definition) is 3. The van der Waals surface area contributed by atoms with Gasteiger partial charge in [-0.1, -0.05) is 42.5 Å². The van der Waals surface area contributed by atoms with E-state index in [2.05, 4.69) is 64.9 Å². The lowest BCUT2D eigenvalue weighted by atomic mass is 9.87. The van der Waals surface area contributed by atoms with Crippen LogP contribution >= 0.6 is 0 Å². The molecule has 0 radical (unpaired) electrons. The lowest BCUT2D eigenvalue weighted by Gasteiger charge is -2.42. The summed E-state index contributed by atoms with van der Waals surface area (Å²) in [6, 6.07) is 16.9. The molecule has 1 aromatic heterocycles. The van der Waals surface area contributed by atoms with Gasteiger partial charge in [0.15, 0.2) is 0 Å². The minimum Gasteiger partial charge on any atom is -0.466 e. The van der Waals surface area contributed by atoms with Crippen LogP contribution in [0.25, 0.3) is 17.0 Å². The number of fused-ring (bicyclic) bond motifs is 3. The van der Waals surface area contributed by atoms with Crippen LogP contribution in [-0.2, 0) is 28.0 Å². The summed E-state index contributed by atoms with van der Waals surface area (Å²) < 4.78 is 4.63. The zero-order valence-corrected chi connectivity index (χ0v) is 16.7. The Morgan fingerprint density at radius 1 is 1.18 bits per heavy atom. The van der Waals surface area contributed by atoms with E-state index >= 15 is 0 Å². The van der Waals surface area contributed by atoms with Gasteiger partial charge in [-0.25, -0.2) is 4.79 Å². The zero-order valence-electron chi connectivity index (χ0n) is 16.7. The second kappa shape index (κ2) is 7.28. The number of hydrogen-bond donors (Lipinski definition) is 1. The molecule has 0 fully saturated rings. The number of carbonyl (C=O) groups is 1. The minimum absolute atomic E-state index is 0.0595. The summed E-state index contributed by atoms with van der Waals surface area (Å²) in [6.45, 7) is 6.52. The Labute approximate surface area is 165 Å². The molecule has 4 heteroatoms. The number of aromatic amines is 1. The summed E-state index contributed by atoms with van der Waals surface area (Å²) in [5, 5.41) is 1.35. The molecule has 2 heterocycles. The largest absolute Gasteiger partial charge is 0.466 e. The highest BCUT2D eigenvalue weighted by molar-refractivity contribution is 5.87. The van der Waals surface area contributed by atoms with Crippen LogP contribution < -0.4 is 0 Å². The number of nitrogens with one attached hydrogen (secondary N) is 1. The third kappa shape index (κ3) is 3.36. The van der Waals surface area contributed by atoms with Crippen molar-refractivity contribution in [2.45, 2.75) is 32.4 Å². The van der Waals surface area contributed by atoms with Crippen LogP contribution in [0.5, 0.6) is 0 Å². The Morgan fingerprint density at radius 2 is 1.93 bits per heavy atom. The molecule has 0 saturated carbocycles. The van der Waals surface area contributed by atoms with E-state index in [4.69, 9.17) is 0 Å². The van der Waals surface area contributed by atoms with Gasteiger partial charge in [-0.15, -0.1) is 0 Å². The van der Waals surface area contributed by atoms with Gasteiger partial charge in [0.2, 0.25) is 0 Å². The van der Waals surface area contributed by atoms with Crippen LogP contribution in [0.4, 0.5) is 0 Å². The van der Waals surface area contributed by atoms with Gasteiger partial charge in [0.05, 0.1) is 12.6 Å². The number of benzene rings is 2. The van der Waals surface area contributed by atoms with Gasteiger partial charge in [0.1, 0.15) is 0 Å². The third-order valence-electron chi connectivity index (χ3n) is 5.81. The molecule has 4 nitrogen and oxygen atoms in total. The predicted molar refractivity (Wildman–Crippen MR) is 113 cm³/mol. The SMILES string of the molecule is COC(=O)/C=C/c1ccc(CN2CCc3c([nH]c4ccccc34)C2(C)C)cc1. The second-order valence-electron chi connectivity index (χ2n) is 7.85. The average Bonchev–Trinajstić information content (AvgIpc) is 3.09.